The average molecular weight is 429 g/mol. The van der Waals surface area contributed by atoms with Gasteiger partial charge in [0.1, 0.15) is 18.9 Å². The van der Waals surface area contributed by atoms with Gasteiger partial charge in [-0.15, -0.1) is 11.3 Å². The number of hydrogen-bond acceptors (Lipinski definition) is 4. The highest BCUT2D eigenvalue weighted by Crippen LogP contribution is 2.34. The van der Waals surface area contributed by atoms with E-state index in [1.807, 2.05) is 63.8 Å². The summed E-state index contributed by atoms with van der Waals surface area (Å²) < 4.78 is 6.15. The number of benzene rings is 1. The second kappa shape index (κ2) is 9.65. The molecule has 1 unspecified atom stereocenters. The van der Waals surface area contributed by atoms with Gasteiger partial charge >= 0.3 is 0 Å². The summed E-state index contributed by atoms with van der Waals surface area (Å²) in [5, 5.41) is 2.09. The first kappa shape index (κ1) is 22.3. The smallest absolute Gasteiger partial charge is 0.242 e. The van der Waals surface area contributed by atoms with Gasteiger partial charge in [-0.1, -0.05) is 32.0 Å². The summed E-state index contributed by atoms with van der Waals surface area (Å²) >= 11 is 1.74. The number of carbonyl (C=O) groups is 2. The quantitative estimate of drug-likeness (QED) is 0.654. The molecule has 0 bridgehead atoms. The summed E-state index contributed by atoms with van der Waals surface area (Å²) in [5.41, 5.74) is 2.24. The van der Waals surface area contributed by atoms with Crippen LogP contribution in [0, 0.1) is 12.8 Å². The van der Waals surface area contributed by atoms with Crippen molar-refractivity contribution >= 4 is 23.2 Å². The lowest BCUT2D eigenvalue weighted by atomic mass is 10.00. The molecule has 0 saturated heterocycles. The Morgan fingerprint density at radius 1 is 1.20 bits per heavy atom. The van der Waals surface area contributed by atoms with Crippen LogP contribution in [-0.2, 0) is 16.0 Å². The summed E-state index contributed by atoms with van der Waals surface area (Å²) in [7, 11) is 0. The van der Waals surface area contributed by atoms with Crippen LogP contribution in [0.5, 0.6) is 5.75 Å². The van der Waals surface area contributed by atoms with E-state index in [9.17, 15) is 9.59 Å². The first-order valence-electron chi connectivity index (χ1n) is 10.6. The minimum absolute atomic E-state index is 0.0132. The number of fused-ring (bicyclic) bond motifs is 1. The second-order valence-corrected chi connectivity index (χ2v) is 9.44. The summed E-state index contributed by atoms with van der Waals surface area (Å²) in [4.78, 5) is 30.9. The van der Waals surface area contributed by atoms with Crippen molar-refractivity contribution in [3.8, 4) is 5.75 Å². The van der Waals surface area contributed by atoms with E-state index >= 15 is 0 Å². The molecule has 2 aromatic rings. The van der Waals surface area contributed by atoms with Crippen LogP contribution < -0.4 is 4.74 Å². The molecule has 3 rings (SSSR count). The van der Waals surface area contributed by atoms with Gasteiger partial charge in [0.2, 0.25) is 11.8 Å². The van der Waals surface area contributed by atoms with E-state index in [0.717, 1.165) is 17.7 Å². The normalized spacial score (nSPS) is 16.0. The lowest BCUT2D eigenvalue weighted by Gasteiger charge is -2.38. The molecule has 1 aliphatic rings. The van der Waals surface area contributed by atoms with Crippen molar-refractivity contribution in [2.24, 2.45) is 5.92 Å². The molecule has 0 fully saturated rings. The molecule has 1 aromatic heterocycles. The highest BCUT2D eigenvalue weighted by atomic mass is 32.1. The van der Waals surface area contributed by atoms with Gasteiger partial charge in [0.15, 0.2) is 0 Å². The second-order valence-electron chi connectivity index (χ2n) is 8.44. The van der Waals surface area contributed by atoms with E-state index in [4.69, 9.17) is 4.74 Å². The first-order chi connectivity index (χ1) is 14.3. The maximum absolute atomic E-state index is 13.3. The fourth-order valence-corrected chi connectivity index (χ4v) is 4.77. The Hall–Kier alpha value is -2.34. The van der Waals surface area contributed by atoms with Crippen LogP contribution in [0.4, 0.5) is 0 Å². The minimum atomic E-state index is -0.143. The van der Waals surface area contributed by atoms with Crippen LogP contribution in [-0.4, -0.2) is 47.4 Å². The number of thiophene rings is 1. The zero-order chi connectivity index (χ0) is 21.8. The number of hydrogen-bond donors (Lipinski definition) is 0. The lowest BCUT2D eigenvalue weighted by Crippen LogP contribution is -2.50. The van der Waals surface area contributed by atoms with Crippen LogP contribution in [0.15, 0.2) is 35.7 Å². The van der Waals surface area contributed by atoms with Crippen LogP contribution in [0.3, 0.4) is 0 Å². The summed E-state index contributed by atoms with van der Waals surface area (Å²) in [5.74, 6) is 0.698. The van der Waals surface area contributed by atoms with Crippen molar-refractivity contribution in [3.05, 3.63) is 51.7 Å². The molecule has 1 atom stereocenters. The molecule has 0 saturated carbocycles. The molecule has 0 spiro atoms. The average Bonchev–Trinajstić information content (AvgIpc) is 3.19. The first-order valence-corrected chi connectivity index (χ1v) is 11.5. The van der Waals surface area contributed by atoms with E-state index in [1.54, 1.807) is 16.2 Å². The van der Waals surface area contributed by atoms with Gasteiger partial charge in [0.25, 0.3) is 0 Å². The fraction of sp³-hybridized carbons (Fsp3) is 0.500. The van der Waals surface area contributed by atoms with Gasteiger partial charge < -0.3 is 14.5 Å². The Balaban J connectivity index is 1.80. The van der Waals surface area contributed by atoms with Crippen molar-refractivity contribution in [3.63, 3.8) is 0 Å². The predicted octanol–water partition coefficient (Wildman–Crippen LogP) is 4.45. The Morgan fingerprint density at radius 2 is 1.93 bits per heavy atom. The molecule has 6 heteroatoms. The molecule has 1 aliphatic heterocycles. The van der Waals surface area contributed by atoms with Gasteiger partial charge in [-0.2, -0.15) is 0 Å². The third-order valence-electron chi connectivity index (χ3n) is 5.61. The Morgan fingerprint density at radius 3 is 2.60 bits per heavy atom. The monoisotopic (exact) mass is 428 g/mol. The zero-order valence-corrected chi connectivity index (χ0v) is 19.4. The van der Waals surface area contributed by atoms with Crippen LogP contribution in [0.2, 0.25) is 0 Å². The standard InChI is InChI=1S/C24H32N2O3S/c1-16(2)24(28)26(17(3)4)14-23(27)25-12-10-22-19(11-13-30-22)20(25)15-29-21-9-7-6-8-18(21)5/h6-9,11,13,16-17,20H,10,12,14-15H2,1-5H3. The fourth-order valence-electron chi connectivity index (χ4n) is 3.84. The third-order valence-corrected chi connectivity index (χ3v) is 6.61. The molecule has 30 heavy (non-hydrogen) atoms. The molecule has 2 amide bonds. The van der Waals surface area contributed by atoms with Crippen LogP contribution >= 0.6 is 11.3 Å². The zero-order valence-electron chi connectivity index (χ0n) is 18.6. The topological polar surface area (TPSA) is 49.9 Å². The van der Waals surface area contributed by atoms with Crippen molar-refractivity contribution in [2.45, 2.75) is 53.1 Å². The molecule has 2 heterocycles. The van der Waals surface area contributed by atoms with Gasteiger partial charge in [-0.3, -0.25) is 9.59 Å². The number of carbonyl (C=O) groups excluding carboxylic acids is 2. The third kappa shape index (κ3) is 4.86. The predicted molar refractivity (Wildman–Crippen MR) is 121 cm³/mol. The molecule has 0 N–H and O–H groups in total. The number of para-hydroxylation sites is 1. The molecular formula is C24H32N2O3S. The largest absolute Gasteiger partial charge is 0.491 e. The van der Waals surface area contributed by atoms with Crippen molar-refractivity contribution < 1.29 is 14.3 Å². The lowest BCUT2D eigenvalue weighted by molar-refractivity contribution is -0.145. The van der Waals surface area contributed by atoms with Gasteiger partial charge in [-0.25, -0.2) is 0 Å². The summed E-state index contributed by atoms with van der Waals surface area (Å²) in [6.07, 6.45) is 0.847. The Kier molecular flexibility index (Phi) is 7.19. The van der Waals surface area contributed by atoms with Crippen LogP contribution in [0.25, 0.3) is 0 Å². The van der Waals surface area contributed by atoms with Crippen LogP contribution in [0.1, 0.15) is 49.7 Å². The van der Waals surface area contributed by atoms with Crippen molar-refractivity contribution in [1.29, 1.82) is 0 Å². The van der Waals surface area contributed by atoms with E-state index in [1.165, 1.54) is 10.4 Å². The Bertz CT molecular complexity index is 890. The number of rotatable bonds is 7. The van der Waals surface area contributed by atoms with Gasteiger partial charge in [0, 0.05) is 23.4 Å². The van der Waals surface area contributed by atoms with E-state index < -0.39 is 0 Å². The number of nitrogens with zero attached hydrogens (tertiary/aromatic N) is 2. The molecule has 162 valence electrons. The summed E-state index contributed by atoms with van der Waals surface area (Å²) in [6.45, 7) is 10.8. The minimum Gasteiger partial charge on any atom is -0.491 e. The molecule has 5 nitrogen and oxygen atoms in total. The van der Waals surface area contributed by atoms with Gasteiger partial charge in [-0.05, 0) is 55.8 Å². The van der Waals surface area contributed by atoms with E-state index in [0.29, 0.717) is 13.2 Å². The highest BCUT2D eigenvalue weighted by Gasteiger charge is 2.34. The SMILES string of the molecule is Cc1ccccc1OCC1c2ccsc2CCN1C(=O)CN(C(=O)C(C)C)C(C)C. The molecule has 1 aromatic carbocycles. The van der Waals surface area contributed by atoms with Gasteiger partial charge in [0.05, 0.1) is 6.04 Å². The maximum Gasteiger partial charge on any atom is 0.242 e. The van der Waals surface area contributed by atoms with Crippen molar-refractivity contribution in [1.82, 2.24) is 9.80 Å². The molecule has 0 aliphatic carbocycles. The van der Waals surface area contributed by atoms with E-state index in [2.05, 4.69) is 11.4 Å². The maximum atomic E-state index is 13.3. The van der Waals surface area contributed by atoms with Crippen molar-refractivity contribution in [2.75, 3.05) is 19.7 Å². The number of amides is 2. The highest BCUT2D eigenvalue weighted by molar-refractivity contribution is 7.10. The molecule has 0 radical (unpaired) electrons. The summed E-state index contributed by atoms with van der Waals surface area (Å²) in [6, 6.07) is 9.86. The molecular weight excluding hydrogens is 396 g/mol. The number of ether oxygens (including phenoxy) is 1. The number of aryl methyl sites for hydroxylation is 1. The van der Waals surface area contributed by atoms with E-state index in [-0.39, 0.29) is 36.4 Å². The Labute approximate surface area is 183 Å².